The van der Waals surface area contributed by atoms with E-state index in [0.29, 0.717) is 5.16 Å². The van der Waals surface area contributed by atoms with Gasteiger partial charge in [-0.25, -0.2) is 14.5 Å². The number of carbonyl (C=O) groups excluding carboxylic acids is 1. The van der Waals surface area contributed by atoms with E-state index in [1.807, 2.05) is 0 Å². The lowest BCUT2D eigenvalue weighted by Crippen LogP contribution is -2.06. The quantitative estimate of drug-likeness (QED) is 0.449. The zero-order chi connectivity index (χ0) is 14.7. The van der Waals surface area contributed by atoms with Crippen molar-refractivity contribution >= 4 is 23.4 Å². The van der Waals surface area contributed by atoms with E-state index in [-0.39, 0.29) is 16.4 Å². The number of nitrogens with zero attached hydrogens (tertiary/aromatic N) is 6. The van der Waals surface area contributed by atoms with Crippen LogP contribution in [0.1, 0.15) is 10.5 Å². The number of esters is 1. The molecule has 0 aliphatic carbocycles. The van der Waals surface area contributed by atoms with Crippen LogP contribution >= 0.6 is 11.8 Å². The van der Waals surface area contributed by atoms with Gasteiger partial charge in [0.1, 0.15) is 5.69 Å². The zero-order valence-corrected chi connectivity index (χ0v) is 11.2. The van der Waals surface area contributed by atoms with Gasteiger partial charge >= 0.3 is 11.7 Å². The van der Waals surface area contributed by atoms with Crippen LogP contribution in [0.5, 0.6) is 0 Å². The monoisotopic (exact) mass is 296 g/mol. The molecule has 104 valence electrons. The minimum Gasteiger partial charge on any atom is -0.464 e. The van der Waals surface area contributed by atoms with Gasteiger partial charge in [-0.3, -0.25) is 10.1 Å². The van der Waals surface area contributed by atoms with Crippen molar-refractivity contribution in [1.29, 1.82) is 0 Å². The summed E-state index contributed by atoms with van der Waals surface area (Å²) in [6.07, 6.45) is 0. The fraction of sp³-hybridized carbons (Fsp3) is 0.222. The average Bonchev–Trinajstić information content (AvgIpc) is 2.83. The molecule has 0 bridgehead atoms. The summed E-state index contributed by atoms with van der Waals surface area (Å²) in [4.78, 5) is 25.7. The summed E-state index contributed by atoms with van der Waals surface area (Å²) >= 11 is 0.884. The van der Waals surface area contributed by atoms with Gasteiger partial charge in [0.15, 0.2) is 5.03 Å². The Bertz CT molecular complexity index is 672. The first kappa shape index (κ1) is 13.9. The van der Waals surface area contributed by atoms with Gasteiger partial charge in [0.25, 0.3) is 0 Å². The molecular formula is C9H8N6O4S. The van der Waals surface area contributed by atoms with E-state index < -0.39 is 10.9 Å². The summed E-state index contributed by atoms with van der Waals surface area (Å²) in [7, 11) is 2.78. The summed E-state index contributed by atoms with van der Waals surface area (Å²) in [5.41, 5.74) is -0.276. The Morgan fingerprint density at radius 1 is 1.50 bits per heavy atom. The average molecular weight is 296 g/mol. The zero-order valence-electron chi connectivity index (χ0n) is 10.4. The van der Waals surface area contributed by atoms with E-state index in [1.54, 1.807) is 7.05 Å². The molecule has 0 saturated heterocycles. The molecule has 0 spiro atoms. The van der Waals surface area contributed by atoms with Crippen LogP contribution in [0.15, 0.2) is 22.3 Å². The van der Waals surface area contributed by atoms with Crippen molar-refractivity contribution in [3.8, 4) is 0 Å². The number of pyridine rings is 1. The Balaban J connectivity index is 2.44. The number of ether oxygens (including phenoxy) is 1. The fourth-order valence-corrected chi connectivity index (χ4v) is 2.07. The fourth-order valence-electron chi connectivity index (χ4n) is 1.26. The van der Waals surface area contributed by atoms with Crippen molar-refractivity contribution in [3.63, 3.8) is 0 Å². The third-order valence-electron chi connectivity index (χ3n) is 2.20. The first-order valence-corrected chi connectivity index (χ1v) is 5.98. The predicted octanol–water partition coefficient (Wildman–Crippen LogP) is 0.451. The standard InChI is InChI=1S/C9H8N6O4S/c1-14-9(11-12-13-14)20-7-6(15(17)18)4-3-5(10-7)8(16)19-2/h3-4H,1-2H3. The molecule has 0 atom stereocenters. The normalized spacial score (nSPS) is 10.3. The molecule has 2 aromatic heterocycles. The molecule has 0 aliphatic heterocycles. The highest BCUT2D eigenvalue weighted by molar-refractivity contribution is 7.99. The molecule has 0 amide bonds. The molecule has 0 saturated carbocycles. The number of hydrogen-bond acceptors (Lipinski definition) is 9. The van der Waals surface area contributed by atoms with Gasteiger partial charge in [-0.15, -0.1) is 5.10 Å². The van der Waals surface area contributed by atoms with E-state index in [0.717, 1.165) is 11.8 Å². The van der Waals surface area contributed by atoms with E-state index in [4.69, 9.17) is 0 Å². The highest BCUT2D eigenvalue weighted by atomic mass is 32.2. The molecule has 2 rings (SSSR count). The number of rotatable bonds is 4. The van der Waals surface area contributed by atoms with Crippen LogP contribution < -0.4 is 0 Å². The molecule has 11 heteroatoms. The van der Waals surface area contributed by atoms with Gasteiger partial charge in [-0.05, 0) is 28.3 Å². The second-order valence-electron chi connectivity index (χ2n) is 3.46. The van der Waals surface area contributed by atoms with Crippen molar-refractivity contribution in [1.82, 2.24) is 25.2 Å². The van der Waals surface area contributed by atoms with Gasteiger partial charge < -0.3 is 4.74 Å². The Morgan fingerprint density at radius 3 is 2.80 bits per heavy atom. The lowest BCUT2D eigenvalue weighted by molar-refractivity contribution is -0.388. The molecular weight excluding hydrogens is 288 g/mol. The molecule has 0 radical (unpaired) electrons. The van der Waals surface area contributed by atoms with Crippen LogP contribution in [-0.4, -0.2) is 43.2 Å². The summed E-state index contributed by atoms with van der Waals surface area (Å²) in [5.74, 6) is -0.683. The van der Waals surface area contributed by atoms with Crippen LogP contribution in [-0.2, 0) is 11.8 Å². The maximum Gasteiger partial charge on any atom is 0.356 e. The largest absolute Gasteiger partial charge is 0.464 e. The molecule has 2 heterocycles. The first-order chi connectivity index (χ1) is 9.52. The van der Waals surface area contributed by atoms with Gasteiger partial charge in [0.2, 0.25) is 5.16 Å². The summed E-state index contributed by atoms with van der Waals surface area (Å²) in [6, 6.07) is 2.41. The molecule has 0 fully saturated rings. The third kappa shape index (κ3) is 2.71. The molecule has 0 unspecified atom stereocenters. The topological polar surface area (TPSA) is 126 Å². The van der Waals surface area contributed by atoms with Gasteiger partial charge in [0, 0.05) is 13.1 Å². The maximum atomic E-state index is 11.4. The molecule has 0 N–H and O–H groups in total. The highest BCUT2D eigenvalue weighted by Crippen LogP contribution is 2.31. The maximum absolute atomic E-state index is 11.4. The second-order valence-corrected chi connectivity index (χ2v) is 4.41. The number of tetrazole rings is 1. The first-order valence-electron chi connectivity index (χ1n) is 5.17. The minimum absolute atomic E-state index is 0.0100. The molecule has 10 nitrogen and oxygen atoms in total. The summed E-state index contributed by atoms with van der Waals surface area (Å²) in [6.45, 7) is 0. The molecule has 2 aromatic rings. The number of hydrogen-bond donors (Lipinski definition) is 0. The second kappa shape index (κ2) is 5.61. The molecule has 20 heavy (non-hydrogen) atoms. The van der Waals surface area contributed by atoms with E-state index in [1.165, 1.54) is 23.9 Å². The van der Waals surface area contributed by atoms with Crippen molar-refractivity contribution < 1.29 is 14.5 Å². The van der Waals surface area contributed by atoms with E-state index in [9.17, 15) is 14.9 Å². The van der Waals surface area contributed by atoms with Gasteiger partial charge in [-0.1, -0.05) is 0 Å². The summed E-state index contributed by atoms with van der Waals surface area (Å²) in [5, 5.41) is 22.0. The molecule has 0 aromatic carbocycles. The van der Waals surface area contributed by atoms with Crippen LogP contribution in [0.4, 0.5) is 5.69 Å². The predicted molar refractivity (Wildman–Crippen MR) is 65.2 cm³/mol. The smallest absolute Gasteiger partial charge is 0.356 e. The number of nitro groups is 1. The van der Waals surface area contributed by atoms with Crippen LogP contribution in [0.25, 0.3) is 0 Å². The molecule has 0 aliphatic rings. The Labute approximate surface area is 116 Å². The van der Waals surface area contributed by atoms with Crippen molar-refractivity contribution in [2.24, 2.45) is 7.05 Å². The SMILES string of the molecule is COC(=O)c1ccc([N+](=O)[O-])c(Sc2nnnn2C)n1. The third-order valence-corrected chi connectivity index (χ3v) is 3.22. The van der Waals surface area contributed by atoms with E-state index >= 15 is 0 Å². The lowest BCUT2D eigenvalue weighted by atomic mass is 10.3. The van der Waals surface area contributed by atoms with Crippen LogP contribution in [0, 0.1) is 10.1 Å². The Hall–Kier alpha value is -2.56. The Kier molecular flexibility index (Phi) is 3.89. The number of aryl methyl sites for hydroxylation is 1. The lowest BCUT2D eigenvalue weighted by Gasteiger charge is -2.03. The number of methoxy groups -OCH3 is 1. The highest BCUT2D eigenvalue weighted by Gasteiger charge is 2.21. The Morgan fingerprint density at radius 2 is 2.25 bits per heavy atom. The van der Waals surface area contributed by atoms with Crippen LogP contribution in [0.3, 0.4) is 0 Å². The van der Waals surface area contributed by atoms with Crippen molar-refractivity contribution in [3.05, 3.63) is 27.9 Å². The van der Waals surface area contributed by atoms with Gasteiger partial charge in [-0.2, -0.15) is 0 Å². The van der Waals surface area contributed by atoms with Crippen LogP contribution in [0.2, 0.25) is 0 Å². The van der Waals surface area contributed by atoms with E-state index in [2.05, 4.69) is 25.2 Å². The van der Waals surface area contributed by atoms with Crippen molar-refractivity contribution in [2.45, 2.75) is 10.2 Å². The van der Waals surface area contributed by atoms with Gasteiger partial charge in [0.05, 0.1) is 12.0 Å². The summed E-state index contributed by atoms with van der Waals surface area (Å²) < 4.78 is 5.86. The number of aromatic nitrogens is 5. The van der Waals surface area contributed by atoms with Crippen molar-refractivity contribution in [2.75, 3.05) is 7.11 Å². The number of carbonyl (C=O) groups is 1. The minimum atomic E-state index is -0.683.